The van der Waals surface area contributed by atoms with E-state index in [1.54, 1.807) is 0 Å². The van der Waals surface area contributed by atoms with Gasteiger partial charge in [-0.1, -0.05) is 449 Å². The summed E-state index contributed by atoms with van der Waals surface area (Å²) >= 11 is 0. The van der Waals surface area contributed by atoms with Crippen LogP contribution in [0, 0.1) is 0 Å². The summed E-state index contributed by atoms with van der Waals surface area (Å²) < 4.78 is 4.73. The van der Waals surface area contributed by atoms with Crippen LogP contribution in [0.4, 0.5) is 0 Å². The van der Waals surface area contributed by atoms with Crippen molar-refractivity contribution in [3.8, 4) is 181 Å². The van der Waals surface area contributed by atoms with Gasteiger partial charge < -0.3 is 9.13 Å². The van der Waals surface area contributed by atoms with Gasteiger partial charge in [-0.3, -0.25) is 0 Å². The summed E-state index contributed by atoms with van der Waals surface area (Å²) in [5.41, 5.74) is 29.1. The molecule has 5 heterocycles. The Morgan fingerprint density at radius 2 is 0.377 bits per heavy atom. The fourth-order valence-electron chi connectivity index (χ4n) is 20.1. The lowest BCUT2D eigenvalue weighted by Crippen LogP contribution is -2.01. The van der Waals surface area contributed by atoms with Gasteiger partial charge in [0.25, 0.3) is 0 Å². The first-order chi connectivity index (χ1) is 72.3. The van der Waals surface area contributed by atoms with Gasteiger partial charge in [0, 0.05) is 82.9 Å². The molecule has 27 aromatic rings. The van der Waals surface area contributed by atoms with E-state index in [9.17, 15) is 0 Å². The molecule has 0 aliphatic heterocycles. The van der Waals surface area contributed by atoms with Crippen LogP contribution in [-0.2, 0) is 0 Å². The minimum atomic E-state index is 0.630. The molecule has 0 aliphatic rings. The molecule has 684 valence electrons. The van der Waals surface area contributed by atoms with Crippen LogP contribution in [0.2, 0.25) is 0 Å². The maximum Gasteiger partial charge on any atom is 0.164 e. The molecule has 0 aliphatic carbocycles. The smallest absolute Gasteiger partial charge is 0.164 e. The Morgan fingerprint density at radius 1 is 0.116 bits per heavy atom. The number of aromatic nitrogens is 11. The van der Waals surface area contributed by atoms with E-state index in [0.717, 1.165) is 128 Å². The molecule has 146 heavy (non-hydrogen) atoms. The topological polar surface area (TPSA) is 126 Å². The number of benzene rings is 22. The Morgan fingerprint density at radius 3 is 0.836 bits per heavy atom. The SMILES string of the molecule is c1ccc(-c2cc(-c3ccccc3)cc(-c3nc(-c4ccccc4)nc(-c4ccc5c(ccc6ccccc65)c4)n3)c2)cc1.c1ccc(-c2cccc(-c3nc(-c4ccccc4)nc(-c4cccc(-c5ccccc5-n5c6ccccc6c6ccccc65)c4)n3)c2)cc1.c1ccc(-c2nc(-c3cccc(-c4cccc(-n5c6ccccc6c6ccccc65)c4)c3)nc(-c3ccc4c(-c5ccccc5)cccc4c3)n2)cc1. The van der Waals surface area contributed by atoms with Crippen LogP contribution in [0.5, 0.6) is 0 Å². The number of hydrogen-bond acceptors (Lipinski definition) is 9. The first-order valence-electron chi connectivity index (χ1n) is 49.1. The second-order valence-electron chi connectivity index (χ2n) is 36.3. The molecule has 22 aromatic carbocycles. The molecule has 0 fully saturated rings. The highest BCUT2D eigenvalue weighted by Crippen LogP contribution is 2.43. The fraction of sp³-hybridized carbons (Fsp3) is 0. The summed E-state index contributed by atoms with van der Waals surface area (Å²) in [4.78, 5) is 45.5. The van der Waals surface area contributed by atoms with Crippen LogP contribution >= 0.6 is 0 Å². The Balaban J connectivity index is 0.000000115. The highest BCUT2D eigenvalue weighted by Gasteiger charge is 2.23. The van der Waals surface area contributed by atoms with Crippen molar-refractivity contribution in [2.75, 3.05) is 0 Å². The molecule has 0 radical (unpaired) electrons. The highest BCUT2D eigenvalue weighted by atomic mass is 15.1. The average molecular weight is 1870 g/mol. The molecule has 0 unspecified atom stereocenters. The molecule has 0 amide bonds. The average Bonchev–Trinajstić information content (AvgIpc) is 1.52. The van der Waals surface area contributed by atoms with Gasteiger partial charge in [-0.05, 0) is 185 Å². The van der Waals surface area contributed by atoms with Crippen molar-refractivity contribution in [3.63, 3.8) is 0 Å². The molecule has 0 N–H and O–H groups in total. The van der Waals surface area contributed by atoms with Crippen LogP contribution in [0.15, 0.2) is 540 Å². The van der Waals surface area contributed by atoms with Gasteiger partial charge in [0.15, 0.2) is 52.4 Å². The summed E-state index contributed by atoms with van der Waals surface area (Å²) in [6.45, 7) is 0. The monoisotopic (exact) mass is 1860 g/mol. The third-order valence-electron chi connectivity index (χ3n) is 27.2. The Bertz CT molecular complexity index is 9390. The van der Waals surface area contributed by atoms with Gasteiger partial charge in [0.1, 0.15) is 0 Å². The molecule has 27 rings (SSSR count). The fourth-order valence-corrected chi connectivity index (χ4v) is 20.1. The van der Waals surface area contributed by atoms with Crippen molar-refractivity contribution >= 4 is 75.9 Å². The Labute approximate surface area is 844 Å². The number of para-hydroxylation sites is 5. The molecule has 0 spiro atoms. The standard InChI is InChI=1S/C49H32N4.C45H30N4.C41H27N3/c1-3-14-33(15-4-1)41-25-13-20-37-31-39(28-29-42(37)41)49-51-47(34-16-5-2-6-17-34)50-48(52-49)38-21-11-18-35(30-38)36-19-12-22-40(32-36)53-45-26-9-7-23-43(45)44-24-8-10-27-46(44)53;1-3-15-31(16-4-1)33-19-13-21-35(29-33)44-46-43(32-17-5-2-6-18-32)47-45(48-44)36-22-14-20-34(30-36)37-23-7-10-26-40(37)49-41-27-11-8-24-38(41)39-25-9-12-28-42(39)49;1-4-12-28(13-5-1)34-25-35(29-14-6-2-7-15-29)27-36(26-34)41-43-39(31-17-8-3-9-18-31)42-40(44-41)33-22-23-38-32(24-33)21-20-30-16-10-11-19-37(30)38/h1-32H;1-30H;1-27H. The van der Waals surface area contributed by atoms with E-state index in [1.807, 2.05) is 109 Å². The predicted molar refractivity (Wildman–Crippen MR) is 602 cm³/mol. The summed E-state index contributed by atoms with van der Waals surface area (Å²) in [5, 5.41) is 12.1. The number of fused-ring (bicyclic) bond motifs is 10. The zero-order valence-electron chi connectivity index (χ0n) is 79.3. The molecule has 11 heteroatoms. The van der Waals surface area contributed by atoms with Gasteiger partial charge in [0.2, 0.25) is 0 Å². The number of rotatable bonds is 17. The van der Waals surface area contributed by atoms with E-state index in [2.05, 4.69) is 440 Å². The van der Waals surface area contributed by atoms with Gasteiger partial charge in [-0.2, -0.15) is 0 Å². The first-order valence-corrected chi connectivity index (χ1v) is 49.1. The zero-order chi connectivity index (χ0) is 97.0. The summed E-state index contributed by atoms with van der Waals surface area (Å²) in [6.07, 6.45) is 0. The van der Waals surface area contributed by atoms with E-state index < -0.39 is 0 Å². The van der Waals surface area contributed by atoms with Crippen molar-refractivity contribution < 1.29 is 0 Å². The Kier molecular flexibility index (Phi) is 23.5. The van der Waals surface area contributed by atoms with Crippen LogP contribution in [-0.4, -0.2) is 54.0 Å². The minimum absolute atomic E-state index is 0.630. The summed E-state index contributed by atoms with van der Waals surface area (Å²) in [6, 6.07) is 188. The summed E-state index contributed by atoms with van der Waals surface area (Å²) in [7, 11) is 0. The van der Waals surface area contributed by atoms with Crippen LogP contribution in [0.25, 0.3) is 257 Å². The molecular formula is C135H89N11. The third kappa shape index (κ3) is 17.6. The molecule has 0 saturated heterocycles. The van der Waals surface area contributed by atoms with Crippen molar-refractivity contribution in [1.29, 1.82) is 0 Å². The molecule has 5 aromatic heterocycles. The quantitative estimate of drug-likeness (QED) is 0.0819. The predicted octanol–water partition coefficient (Wildman–Crippen LogP) is 34.3. The van der Waals surface area contributed by atoms with Crippen LogP contribution < -0.4 is 0 Å². The largest absolute Gasteiger partial charge is 0.309 e. The van der Waals surface area contributed by atoms with Crippen LogP contribution in [0.1, 0.15) is 0 Å². The zero-order valence-corrected chi connectivity index (χ0v) is 79.3. The molecule has 0 saturated carbocycles. The molecule has 0 bridgehead atoms. The second kappa shape index (κ2) is 39.1. The maximum absolute atomic E-state index is 5.12. The minimum Gasteiger partial charge on any atom is -0.309 e. The van der Waals surface area contributed by atoms with Crippen molar-refractivity contribution in [2.45, 2.75) is 0 Å². The first kappa shape index (κ1) is 87.7. The van der Waals surface area contributed by atoms with Gasteiger partial charge in [-0.25, -0.2) is 44.9 Å². The third-order valence-corrected chi connectivity index (χ3v) is 27.2. The van der Waals surface area contributed by atoms with Crippen molar-refractivity contribution in [3.05, 3.63) is 540 Å². The van der Waals surface area contributed by atoms with E-state index >= 15 is 0 Å². The second-order valence-corrected chi connectivity index (χ2v) is 36.3. The van der Waals surface area contributed by atoms with E-state index in [4.69, 9.17) is 44.9 Å². The molecular weight excluding hydrogens is 1780 g/mol. The highest BCUT2D eigenvalue weighted by molar-refractivity contribution is 6.12. The Hall–Kier alpha value is -19.8. The lowest BCUT2D eigenvalue weighted by Gasteiger charge is -2.15. The normalized spacial score (nSPS) is 11.3. The van der Waals surface area contributed by atoms with Crippen LogP contribution in [0.3, 0.4) is 0 Å². The molecule has 11 nitrogen and oxygen atoms in total. The lowest BCUT2D eigenvalue weighted by atomic mass is 9.96. The van der Waals surface area contributed by atoms with E-state index in [0.29, 0.717) is 52.4 Å². The lowest BCUT2D eigenvalue weighted by molar-refractivity contribution is 1.07. The van der Waals surface area contributed by atoms with Gasteiger partial charge in [0.05, 0.1) is 27.8 Å². The van der Waals surface area contributed by atoms with E-state index in [1.165, 1.54) is 76.3 Å². The van der Waals surface area contributed by atoms with Gasteiger partial charge >= 0.3 is 0 Å². The van der Waals surface area contributed by atoms with E-state index in [-0.39, 0.29) is 0 Å². The number of nitrogens with zero attached hydrogens (tertiary/aromatic N) is 11. The van der Waals surface area contributed by atoms with Crippen molar-refractivity contribution in [1.82, 2.24) is 54.0 Å². The van der Waals surface area contributed by atoms with Crippen molar-refractivity contribution in [2.24, 2.45) is 0 Å². The summed E-state index contributed by atoms with van der Waals surface area (Å²) in [5.74, 6) is 5.76. The molecule has 0 atom stereocenters. The maximum atomic E-state index is 5.12. The van der Waals surface area contributed by atoms with Gasteiger partial charge in [-0.15, -0.1) is 0 Å². The number of hydrogen-bond donors (Lipinski definition) is 0.